The van der Waals surface area contributed by atoms with Gasteiger partial charge in [-0.2, -0.15) is 5.26 Å². The minimum atomic E-state index is -0.379. The van der Waals surface area contributed by atoms with Crippen LogP contribution in [0, 0.1) is 23.7 Å². The smallest absolute Gasteiger partial charge is 0.262 e. The van der Waals surface area contributed by atoms with Gasteiger partial charge in [0.05, 0.1) is 24.5 Å². The Hall–Kier alpha value is -3.55. The number of methoxy groups -OCH3 is 2. The Balaban J connectivity index is 1.66. The molecule has 0 spiro atoms. The van der Waals surface area contributed by atoms with Crippen molar-refractivity contribution in [3.05, 3.63) is 64.9 Å². The number of carbonyl (C=O) groups is 1. The number of nitrogens with two attached hydrogens (primary N) is 1. The molecule has 1 aliphatic heterocycles. The van der Waals surface area contributed by atoms with Gasteiger partial charge in [0.25, 0.3) is 5.91 Å². The maximum atomic E-state index is 13.0. The predicted molar refractivity (Wildman–Crippen MR) is 155 cm³/mol. The fraction of sp³-hybridized carbons (Fsp3) is 0.433. The minimum Gasteiger partial charge on any atom is -0.383 e. The summed E-state index contributed by atoms with van der Waals surface area (Å²) < 4.78 is 10.6. The number of amides is 1. The van der Waals surface area contributed by atoms with Gasteiger partial charge >= 0.3 is 0 Å². The zero-order valence-corrected chi connectivity index (χ0v) is 23.5. The Morgan fingerprint density at radius 3 is 2.36 bits per heavy atom. The third-order valence-electron chi connectivity index (χ3n) is 7.14. The number of ether oxygens (including phenoxy) is 2. The first-order valence-electron chi connectivity index (χ1n) is 13.3. The third kappa shape index (κ3) is 8.47. The molecule has 208 valence electrons. The summed E-state index contributed by atoms with van der Waals surface area (Å²) in [7, 11) is 3.44. The molecule has 9 heteroatoms. The van der Waals surface area contributed by atoms with E-state index in [-0.39, 0.29) is 11.5 Å². The van der Waals surface area contributed by atoms with Crippen LogP contribution in [0.2, 0.25) is 0 Å². The van der Waals surface area contributed by atoms with Gasteiger partial charge in [0, 0.05) is 65.3 Å². The Morgan fingerprint density at radius 1 is 1.15 bits per heavy atom. The molecule has 3 rings (SSSR count). The van der Waals surface area contributed by atoms with Crippen molar-refractivity contribution in [2.24, 2.45) is 0 Å². The van der Waals surface area contributed by atoms with E-state index in [1.807, 2.05) is 55.6 Å². The first kappa shape index (κ1) is 30.0. The monoisotopic (exact) mass is 533 g/mol. The van der Waals surface area contributed by atoms with Crippen LogP contribution in [-0.4, -0.2) is 76.7 Å². The zero-order valence-electron chi connectivity index (χ0n) is 23.5. The number of piperidine rings is 1. The number of nitrogens with zero attached hydrogens (tertiary/aromatic N) is 3. The van der Waals surface area contributed by atoms with Crippen molar-refractivity contribution in [1.29, 1.82) is 10.7 Å². The molecule has 9 nitrogen and oxygen atoms in total. The van der Waals surface area contributed by atoms with Crippen LogP contribution in [0.3, 0.4) is 0 Å². The van der Waals surface area contributed by atoms with Crippen molar-refractivity contribution in [2.75, 3.05) is 63.8 Å². The number of hydrogen-bond donors (Lipinski definition) is 3. The average molecular weight is 534 g/mol. The first-order chi connectivity index (χ1) is 18.9. The van der Waals surface area contributed by atoms with Crippen molar-refractivity contribution in [2.45, 2.75) is 32.7 Å². The normalized spacial score (nSPS) is 14.6. The Morgan fingerprint density at radius 2 is 1.79 bits per heavy atom. The van der Waals surface area contributed by atoms with Crippen LogP contribution in [0.1, 0.15) is 30.9 Å². The summed E-state index contributed by atoms with van der Waals surface area (Å²) in [6.45, 7) is 8.65. The van der Waals surface area contributed by atoms with E-state index in [1.54, 1.807) is 20.3 Å². The highest BCUT2D eigenvalue weighted by Gasteiger charge is 2.26. The molecule has 0 radical (unpaired) electrons. The Bertz CT molecular complexity index is 1170. The number of aryl methyl sites for hydroxylation is 1. The topological polar surface area (TPSA) is 118 Å². The second-order valence-electron chi connectivity index (χ2n) is 9.83. The number of benzene rings is 2. The summed E-state index contributed by atoms with van der Waals surface area (Å²) in [5.41, 5.74) is 5.01. The molecular formula is C30H41N6O3+. The third-order valence-corrected chi connectivity index (χ3v) is 7.14. The van der Waals surface area contributed by atoms with Crippen LogP contribution < -0.4 is 15.5 Å². The largest absolute Gasteiger partial charge is 0.383 e. The molecule has 1 heterocycles. The van der Waals surface area contributed by atoms with Gasteiger partial charge in [-0.15, -0.1) is 0 Å². The fourth-order valence-corrected chi connectivity index (χ4v) is 4.89. The van der Waals surface area contributed by atoms with E-state index in [1.165, 1.54) is 0 Å². The number of rotatable bonds is 13. The van der Waals surface area contributed by atoms with Gasteiger partial charge in [-0.05, 0) is 50.1 Å². The molecule has 0 aliphatic carbocycles. The maximum Gasteiger partial charge on any atom is 0.262 e. The highest BCUT2D eigenvalue weighted by Crippen LogP contribution is 2.28. The summed E-state index contributed by atoms with van der Waals surface area (Å²) in [5.74, 6) is -0.379. The molecule has 1 fully saturated rings. The SMILES string of the molecule is COCCN(CCOC)C1CCN(c2ccc(NC(=O)C(C=N)=C(C)[NH2+]c3ccc(C)cc3)cc2C#N)CC1. The van der Waals surface area contributed by atoms with Crippen molar-refractivity contribution >= 4 is 29.2 Å². The van der Waals surface area contributed by atoms with Gasteiger partial charge in [0.2, 0.25) is 0 Å². The standard InChI is InChI=1S/C30H40N6O3/c1-22-5-7-25(8-6-22)33-23(2)28(21-32)30(37)34-26-9-10-29(24(19-26)20-31)36-13-11-27(12-14-36)35(15-17-38-3)16-18-39-4/h5-10,19,21,27,32-33H,11-18H2,1-4H3,(H,34,37)/p+1. The highest BCUT2D eigenvalue weighted by atomic mass is 16.5. The van der Waals surface area contributed by atoms with E-state index >= 15 is 0 Å². The quantitative estimate of drug-likeness (QED) is 0.207. The number of allylic oxidation sites excluding steroid dienone is 1. The summed E-state index contributed by atoms with van der Waals surface area (Å²) in [6, 6.07) is 16.2. The van der Waals surface area contributed by atoms with Gasteiger partial charge in [0.15, 0.2) is 0 Å². The molecule has 4 N–H and O–H groups in total. The highest BCUT2D eigenvalue weighted by molar-refractivity contribution is 6.17. The van der Waals surface area contributed by atoms with E-state index in [4.69, 9.17) is 14.9 Å². The van der Waals surface area contributed by atoms with Crippen LogP contribution in [-0.2, 0) is 14.3 Å². The van der Waals surface area contributed by atoms with Crippen molar-refractivity contribution < 1.29 is 19.6 Å². The lowest BCUT2D eigenvalue weighted by molar-refractivity contribution is -0.517. The van der Waals surface area contributed by atoms with E-state index in [0.29, 0.717) is 36.2 Å². The number of carbonyl (C=O) groups excluding carboxylic acids is 1. The second-order valence-corrected chi connectivity index (χ2v) is 9.83. The second kappa shape index (κ2) is 15.1. The number of nitriles is 1. The van der Waals surface area contributed by atoms with Crippen molar-refractivity contribution in [1.82, 2.24) is 4.90 Å². The molecule has 0 unspecified atom stereocenters. The zero-order chi connectivity index (χ0) is 28.2. The van der Waals surface area contributed by atoms with Crippen molar-refractivity contribution in [3.8, 4) is 6.07 Å². The lowest BCUT2D eigenvalue weighted by Gasteiger charge is -2.39. The van der Waals surface area contributed by atoms with Gasteiger partial charge in [-0.25, -0.2) is 0 Å². The van der Waals surface area contributed by atoms with Gasteiger partial charge < -0.3 is 25.1 Å². The molecule has 2 aromatic carbocycles. The van der Waals surface area contributed by atoms with Crippen LogP contribution in [0.4, 0.5) is 17.1 Å². The van der Waals surface area contributed by atoms with Crippen molar-refractivity contribution in [3.63, 3.8) is 0 Å². The van der Waals surface area contributed by atoms with Gasteiger partial charge in [-0.3, -0.25) is 15.0 Å². The van der Waals surface area contributed by atoms with E-state index < -0.39 is 0 Å². The van der Waals surface area contributed by atoms with E-state index in [2.05, 4.69) is 21.2 Å². The van der Waals surface area contributed by atoms with Gasteiger partial charge in [-0.1, -0.05) is 17.7 Å². The predicted octanol–water partition coefficient (Wildman–Crippen LogP) is 3.19. The molecular weight excluding hydrogens is 492 g/mol. The molecule has 2 aromatic rings. The van der Waals surface area contributed by atoms with Crippen LogP contribution in [0.25, 0.3) is 0 Å². The summed E-state index contributed by atoms with van der Waals surface area (Å²) in [5, 5.41) is 22.5. The molecule has 1 amide bonds. The lowest BCUT2D eigenvalue weighted by Crippen LogP contribution is -2.75. The lowest BCUT2D eigenvalue weighted by atomic mass is 10.0. The summed E-state index contributed by atoms with van der Waals surface area (Å²) >= 11 is 0. The number of anilines is 2. The first-order valence-corrected chi connectivity index (χ1v) is 13.3. The van der Waals surface area contributed by atoms with Crippen LogP contribution >= 0.6 is 0 Å². The van der Waals surface area contributed by atoms with Crippen LogP contribution in [0.5, 0.6) is 0 Å². The van der Waals surface area contributed by atoms with E-state index in [9.17, 15) is 10.1 Å². The number of quaternary nitrogens is 1. The average Bonchev–Trinajstić information content (AvgIpc) is 2.95. The molecule has 1 saturated heterocycles. The molecule has 39 heavy (non-hydrogen) atoms. The van der Waals surface area contributed by atoms with Gasteiger partial charge in [0.1, 0.15) is 23.0 Å². The van der Waals surface area contributed by atoms with E-state index in [0.717, 1.165) is 62.2 Å². The number of hydrogen-bond acceptors (Lipinski definition) is 7. The molecule has 0 saturated carbocycles. The molecule has 0 bridgehead atoms. The molecule has 0 aromatic heterocycles. The minimum absolute atomic E-state index is 0.270. The number of nitrogens with one attached hydrogen (secondary N) is 2. The summed E-state index contributed by atoms with van der Waals surface area (Å²) in [4.78, 5) is 17.7. The molecule has 1 aliphatic rings. The Kier molecular flexibility index (Phi) is 11.6. The molecule has 0 atom stereocenters. The maximum absolute atomic E-state index is 13.0. The van der Waals surface area contributed by atoms with Crippen LogP contribution in [0.15, 0.2) is 53.7 Å². The fourth-order valence-electron chi connectivity index (χ4n) is 4.89. The summed E-state index contributed by atoms with van der Waals surface area (Å²) in [6.07, 6.45) is 3.05. The Labute approximate surface area is 231 Å².